The third-order valence-electron chi connectivity index (χ3n) is 3.13. The topological polar surface area (TPSA) is 0 Å². The second kappa shape index (κ2) is 13.4. The predicted octanol–water partition coefficient (Wildman–Crippen LogP) is 5.91. The van der Waals surface area contributed by atoms with Gasteiger partial charge in [-0.25, -0.2) is 0 Å². The average Bonchev–Trinajstić information content (AvgIpc) is 2.25. The summed E-state index contributed by atoms with van der Waals surface area (Å²) in [6.45, 7) is 4.66. The van der Waals surface area contributed by atoms with E-state index < -0.39 is 0 Å². The van der Waals surface area contributed by atoms with Crippen molar-refractivity contribution < 1.29 is 0 Å². The summed E-state index contributed by atoms with van der Waals surface area (Å²) >= 11 is 1.98. The van der Waals surface area contributed by atoms with Gasteiger partial charge in [-0.3, -0.25) is 0 Å². The Kier molecular flexibility index (Phi) is 13.7. The Morgan fingerprint density at radius 2 is 1.12 bits per heavy atom. The molecule has 0 unspecified atom stereocenters. The first-order valence-corrected chi connectivity index (χ1v) is 8.65. The number of thioether (sulfide) groups is 1. The number of unbranched alkanes of at least 4 members (excludes halogenated alkanes) is 8. The summed E-state index contributed by atoms with van der Waals surface area (Å²) in [5.74, 6) is 2.26. The van der Waals surface area contributed by atoms with E-state index in [9.17, 15) is 0 Å². The summed E-state index contributed by atoms with van der Waals surface area (Å²) in [5, 5.41) is 0. The Balaban J connectivity index is 2.88. The van der Waals surface area contributed by atoms with E-state index in [2.05, 4.69) is 20.1 Å². The lowest BCUT2D eigenvalue weighted by Gasteiger charge is -2.04. The second-order valence-corrected chi connectivity index (χ2v) is 6.34. The van der Waals surface area contributed by atoms with Gasteiger partial charge in [0.2, 0.25) is 0 Å². The van der Waals surface area contributed by atoms with Gasteiger partial charge in [-0.15, -0.1) is 0 Å². The smallest absolute Gasteiger partial charge is 0.00703 e. The van der Waals surface area contributed by atoms with Crippen molar-refractivity contribution in [3.05, 3.63) is 0 Å². The van der Waals surface area contributed by atoms with Crippen molar-refractivity contribution >= 4 is 11.8 Å². The highest BCUT2D eigenvalue weighted by Crippen LogP contribution is 2.13. The minimum absolute atomic E-state index is 0.899. The van der Waals surface area contributed by atoms with Gasteiger partial charge in [0.05, 0.1) is 0 Å². The van der Waals surface area contributed by atoms with Crippen LogP contribution >= 0.6 is 11.8 Å². The van der Waals surface area contributed by atoms with E-state index in [4.69, 9.17) is 0 Å². The van der Waals surface area contributed by atoms with Gasteiger partial charge in [-0.1, -0.05) is 71.6 Å². The molecule has 0 atom stereocenters. The Morgan fingerprint density at radius 1 is 0.688 bits per heavy atom. The van der Waals surface area contributed by atoms with Crippen LogP contribution in [0.15, 0.2) is 0 Å². The van der Waals surface area contributed by atoms with Crippen molar-refractivity contribution in [1.82, 2.24) is 0 Å². The van der Waals surface area contributed by atoms with E-state index in [0.29, 0.717) is 0 Å². The molecule has 0 aliphatic carbocycles. The molecule has 0 aliphatic rings. The maximum atomic E-state index is 2.33. The van der Waals surface area contributed by atoms with E-state index in [0.717, 1.165) is 5.92 Å². The van der Waals surface area contributed by atoms with Crippen LogP contribution in [0, 0.1) is 5.92 Å². The molecule has 0 spiro atoms. The third kappa shape index (κ3) is 14.4. The monoisotopic (exact) mass is 244 g/mol. The summed E-state index contributed by atoms with van der Waals surface area (Å²) in [5.41, 5.74) is 0. The highest BCUT2D eigenvalue weighted by atomic mass is 32.2. The van der Waals surface area contributed by atoms with Crippen molar-refractivity contribution in [3.8, 4) is 0 Å². The number of hydrogen-bond donors (Lipinski definition) is 0. The Labute approximate surface area is 108 Å². The lowest BCUT2D eigenvalue weighted by atomic mass is 10.0. The van der Waals surface area contributed by atoms with Crippen molar-refractivity contribution in [2.24, 2.45) is 5.92 Å². The molecule has 0 bridgehead atoms. The molecular weight excluding hydrogens is 212 g/mol. The standard InChI is InChI=1S/C15H32S/c1-15(2)13-11-9-7-5-4-6-8-10-12-14-16-3/h15H,4-14H2,1-3H3. The Morgan fingerprint density at radius 3 is 1.56 bits per heavy atom. The van der Waals surface area contributed by atoms with Crippen LogP contribution in [-0.2, 0) is 0 Å². The van der Waals surface area contributed by atoms with Gasteiger partial charge in [0, 0.05) is 0 Å². The lowest BCUT2D eigenvalue weighted by Crippen LogP contribution is -1.87. The summed E-state index contributed by atoms with van der Waals surface area (Å²) in [6.07, 6.45) is 16.8. The third-order valence-corrected chi connectivity index (χ3v) is 3.83. The van der Waals surface area contributed by atoms with Gasteiger partial charge in [-0.2, -0.15) is 11.8 Å². The largest absolute Gasteiger partial charge is 0.165 e. The molecule has 0 saturated heterocycles. The SMILES string of the molecule is CSCCCCCCCCCCCC(C)C. The fraction of sp³-hybridized carbons (Fsp3) is 1.00. The van der Waals surface area contributed by atoms with Crippen molar-refractivity contribution in [2.75, 3.05) is 12.0 Å². The normalized spacial score (nSPS) is 11.2. The molecule has 0 heterocycles. The van der Waals surface area contributed by atoms with Crippen LogP contribution in [0.3, 0.4) is 0 Å². The summed E-state index contributed by atoms with van der Waals surface area (Å²) in [4.78, 5) is 0. The molecule has 0 fully saturated rings. The molecule has 0 N–H and O–H groups in total. The van der Waals surface area contributed by atoms with Crippen LogP contribution in [0.2, 0.25) is 0 Å². The van der Waals surface area contributed by atoms with Gasteiger partial charge in [-0.05, 0) is 24.3 Å². The molecule has 0 rings (SSSR count). The Hall–Kier alpha value is 0.350. The van der Waals surface area contributed by atoms with Crippen LogP contribution in [0.5, 0.6) is 0 Å². The molecule has 0 aromatic carbocycles. The highest BCUT2D eigenvalue weighted by molar-refractivity contribution is 7.98. The molecule has 98 valence electrons. The molecule has 0 aromatic heterocycles. The quantitative estimate of drug-likeness (QED) is 0.385. The molecule has 0 nitrogen and oxygen atoms in total. The molecule has 0 saturated carbocycles. The van der Waals surface area contributed by atoms with E-state index in [1.165, 1.54) is 70.0 Å². The molecule has 0 radical (unpaired) electrons. The fourth-order valence-corrected chi connectivity index (χ4v) is 2.53. The minimum Gasteiger partial charge on any atom is -0.165 e. The van der Waals surface area contributed by atoms with Crippen LogP contribution in [0.25, 0.3) is 0 Å². The zero-order valence-corrected chi connectivity index (χ0v) is 12.6. The van der Waals surface area contributed by atoms with Crippen molar-refractivity contribution in [3.63, 3.8) is 0 Å². The molecule has 16 heavy (non-hydrogen) atoms. The maximum absolute atomic E-state index is 2.33. The highest BCUT2D eigenvalue weighted by Gasteiger charge is 1.95. The number of rotatable bonds is 12. The molecule has 0 aliphatic heterocycles. The van der Waals surface area contributed by atoms with E-state index in [1.54, 1.807) is 0 Å². The van der Waals surface area contributed by atoms with Crippen LogP contribution in [0.4, 0.5) is 0 Å². The van der Waals surface area contributed by atoms with Crippen LogP contribution < -0.4 is 0 Å². The van der Waals surface area contributed by atoms with Crippen molar-refractivity contribution in [1.29, 1.82) is 0 Å². The molecule has 0 aromatic rings. The van der Waals surface area contributed by atoms with Gasteiger partial charge in [0.1, 0.15) is 0 Å². The number of hydrogen-bond acceptors (Lipinski definition) is 1. The zero-order chi connectivity index (χ0) is 12.1. The maximum Gasteiger partial charge on any atom is -0.00703 e. The van der Waals surface area contributed by atoms with Crippen molar-refractivity contribution in [2.45, 2.75) is 78.1 Å². The first kappa shape index (κ1) is 16.4. The molecule has 0 amide bonds. The average molecular weight is 244 g/mol. The first-order chi connectivity index (χ1) is 7.77. The van der Waals surface area contributed by atoms with Gasteiger partial charge in [0.15, 0.2) is 0 Å². The summed E-state index contributed by atoms with van der Waals surface area (Å²) in [6, 6.07) is 0. The summed E-state index contributed by atoms with van der Waals surface area (Å²) in [7, 11) is 0. The molecule has 1 heteroatoms. The zero-order valence-electron chi connectivity index (χ0n) is 11.8. The van der Waals surface area contributed by atoms with E-state index in [-0.39, 0.29) is 0 Å². The summed E-state index contributed by atoms with van der Waals surface area (Å²) < 4.78 is 0. The Bertz CT molecular complexity index is 121. The van der Waals surface area contributed by atoms with Crippen LogP contribution in [0.1, 0.15) is 78.1 Å². The fourth-order valence-electron chi connectivity index (χ4n) is 2.04. The lowest BCUT2D eigenvalue weighted by molar-refractivity contribution is 0.507. The second-order valence-electron chi connectivity index (χ2n) is 5.36. The van der Waals surface area contributed by atoms with Gasteiger partial charge >= 0.3 is 0 Å². The first-order valence-electron chi connectivity index (χ1n) is 7.26. The minimum atomic E-state index is 0.899. The molecular formula is C15H32S. The predicted molar refractivity (Wildman–Crippen MR) is 79.4 cm³/mol. The van der Waals surface area contributed by atoms with E-state index in [1.807, 2.05) is 11.8 Å². The van der Waals surface area contributed by atoms with Gasteiger partial charge in [0.25, 0.3) is 0 Å². The van der Waals surface area contributed by atoms with Crippen LogP contribution in [-0.4, -0.2) is 12.0 Å². The van der Waals surface area contributed by atoms with E-state index >= 15 is 0 Å². The van der Waals surface area contributed by atoms with Gasteiger partial charge < -0.3 is 0 Å².